The molecule has 0 fully saturated rings. The van der Waals surface area contributed by atoms with E-state index in [4.69, 9.17) is 16.9 Å². The van der Waals surface area contributed by atoms with Gasteiger partial charge in [0.2, 0.25) is 0 Å². The summed E-state index contributed by atoms with van der Waals surface area (Å²) in [6.45, 7) is 3.54. The normalized spacial score (nSPS) is 14.6. The lowest BCUT2D eigenvalue weighted by Gasteiger charge is -2.21. The summed E-state index contributed by atoms with van der Waals surface area (Å²) in [6, 6.07) is 6.12. The summed E-state index contributed by atoms with van der Waals surface area (Å²) in [7, 11) is 0. The number of halogens is 2. The first-order valence-electron chi connectivity index (χ1n) is 5.00. The minimum atomic E-state index is -0.936. The van der Waals surface area contributed by atoms with Gasteiger partial charge in [-0.25, -0.2) is 4.39 Å². The van der Waals surface area contributed by atoms with Crippen LogP contribution in [0.4, 0.5) is 4.39 Å². The molecule has 1 aromatic rings. The van der Waals surface area contributed by atoms with Gasteiger partial charge in [0.1, 0.15) is 11.7 Å². The number of aliphatic hydroxyl groups is 1. The summed E-state index contributed by atoms with van der Waals surface area (Å²) < 4.78 is 13.6. The summed E-state index contributed by atoms with van der Waals surface area (Å²) in [5.74, 6) is -1.63. The first-order chi connectivity index (χ1) is 7.49. The van der Waals surface area contributed by atoms with Gasteiger partial charge < -0.3 is 5.11 Å². The van der Waals surface area contributed by atoms with Crippen molar-refractivity contribution in [3.05, 3.63) is 34.6 Å². The Kier molecular flexibility index (Phi) is 4.28. The molecule has 0 bridgehead atoms. The molecule has 86 valence electrons. The Labute approximate surface area is 99.3 Å². The first kappa shape index (κ1) is 13.0. The van der Waals surface area contributed by atoms with Crippen LogP contribution in [0.25, 0.3) is 0 Å². The minimum absolute atomic E-state index is 0.0767. The number of nitrogens with zero attached hydrogens (tertiary/aromatic N) is 1. The van der Waals surface area contributed by atoms with E-state index in [9.17, 15) is 9.50 Å². The molecule has 0 aliphatic carbocycles. The molecule has 0 heterocycles. The van der Waals surface area contributed by atoms with Crippen molar-refractivity contribution in [1.29, 1.82) is 5.26 Å². The molecular weight excluding hydrogens is 229 g/mol. The number of rotatable bonds is 3. The second-order valence-corrected chi connectivity index (χ2v) is 4.38. The lowest BCUT2D eigenvalue weighted by atomic mass is 9.88. The minimum Gasteiger partial charge on any atom is -0.391 e. The third-order valence-electron chi connectivity index (χ3n) is 2.47. The van der Waals surface area contributed by atoms with Crippen LogP contribution in [0.1, 0.15) is 25.3 Å². The quantitative estimate of drug-likeness (QED) is 0.884. The van der Waals surface area contributed by atoms with E-state index in [-0.39, 0.29) is 16.5 Å². The van der Waals surface area contributed by atoms with E-state index in [0.29, 0.717) is 0 Å². The van der Waals surface area contributed by atoms with Crippen molar-refractivity contribution in [3.63, 3.8) is 0 Å². The average molecular weight is 242 g/mol. The zero-order valence-corrected chi connectivity index (χ0v) is 9.87. The van der Waals surface area contributed by atoms with Crippen molar-refractivity contribution < 1.29 is 9.50 Å². The summed E-state index contributed by atoms with van der Waals surface area (Å²) in [4.78, 5) is 0. The number of nitriles is 1. The maximum Gasteiger partial charge on any atom is 0.129 e. The molecule has 4 heteroatoms. The van der Waals surface area contributed by atoms with Gasteiger partial charge in [-0.05, 0) is 18.1 Å². The largest absolute Gasteiger partial charge is 0.391 e. The van der Waals surface area contributed by atoms with E-state index in [1.165, 1.54) is 18.2 Å². The van der Waals surface area contributed by atoms with Crippen LogP contribution in [0.2, 0.25) is 5.02 Å². The summed E-state index contributed by atoms with van der Waals surface area (Å²) >= 11 is 5.85. The Morgan fingerprint density at radius 3 is 2.50 bits per heavy atom. The summed E-state index contributed by atoms with van der Waals surface area (Å²) in [5, 5.41) is 19.0. The second-order valence-electron chi connectivity index (χ2n) is 3.98. The molecule has 0 saturated heterocycles. The van der Waals surface area contributed by atoms with Gasteiger partial charge in [0.25, 0.3) is 0 Å². The predicted octanol–water partition coefficient (Wildman–Crippen LogP) is 3.10. The molecule has 2 nitrogen and oxygen atoms in total. The molecule has 0 aliphatic rings. The molecule has 0 saturated carbocycles. The highest BCUT2D eigenvalue weighted by atomic mass is 35.5. The summed E-state index contributed by atoms with van der Waals surface area (Å²) in [5.41, 5.74) is 0.0767. The third-order valence-corrected chi connectivity index (χ3v) is 2.80. The first-order valence-corrected chi connectivity index (χ1v) is 5.38. The molecule has 1 aromatic carbocycles. The fourth-order valence-electron chi connectivity index (χ4n) is 1.50. The van der Waals surface area contributed by atoms with Gasteiger partial charge in [-0.3, -0.25) is 0 Å². The maximum atomic E-state index is 13.6. The number of aliphatic hydroxyl groups excluding tert-OH is 1. The molecule has 0 aromatic heterocycles. The Bertz CT molecular complexity index is 394. The van der Waals surface area contributed by atoms with Crippen molar-refractivity contribution in [2.24, 2.45) is 5.92 Å². The van der Waals surface area contributed by atoms with Crippen LogP contribution in [-0.4, -0.2) is 11.2 Å². The van der Waals surface area contributed by atoms with Crippen molar-refractivity contribution in [2.45, 2.75) is 25.9 Å². The topological polar surface area (TPSA) is 44.0 Å². The van der Waals surface area contributed by atoms with Crippen molar-refractivity contribution in [3.8, 4) is 6.07 Å². The lowest BCUT2D eigenvalue weighted by molar-refractivity contribution is 0.112. The molecule has 0 radical (unpaired) electrons. The molecule has 16 heavy (non-hydrogen) atoms. The van der Waals surface area contributed by atoms with Gasteiger partial charge in [-0.15, -0.1) is 0 Å². The van der Waals surface area contributed by atoms with Gasteiger partial charge in [0.05, 0.1) is 12.2 Å². The summed E-state index contributed by atoms with van der Waals surface area (Å²) in [6.07, 6.45) is -0.931. The Morgan fingerprint density at radius 2 is 2.06 bits per heavy atom. The van der Waals surface area contributed by atoms with Crippen LogP contribution >= 0.6 is 11.6 Å². The van der Waals surface area contributed by atoms with Crippen molar-refractivity contribution in [1.82, 2.24) is 0 Å². The molecule has 1 rings (SSSR count). The fraction of sp³-hybridized carbons (Fsp3) is 0.417. The van der Waals surface area contributed by atoms with E-state index < -0.39 is 17.8 Å². The van der Waals surface area contributed by atoms with Crippen LogP contribution in [0.5, 0.6) is 0 Å². The molecule has 0 spiro atoms. The van der Waals surface area contributed by atoms with Crippen molar-refractivity contribution in [2.75, 3.05) is 0 Å². The highest BCUT2D eigenvalue weighted by Gasteiger charge is 2.28. The van der Waals surface area contributed by atoms with Gasteiger partial charge in [0.15, 0.2) is 0 Å². The number of hydrogen-bond acceptors (Lipinski definition) is 2. The molecule has 0 aliphatic heterocycles. The van der Waals surface area contributed by atoms with Crippen LogP contribution in [0, 0.1) is 23.1 Å². The zero-order chi connectivity index (χ0) is 12.3. The van der Waals surface area contributed by atoms with Gasteiger partial charge in [-0.2, -0.15) is 5.26 Å². The standard InChI is InChI=1S/C12H13ClFNO/c1-7(2)12(16)8(6-15)11-9(13)4-3-5-10(11)14/h3-5,7-8,12,16H,1-2H3. The highest BCUT2D eigenvalue weighted by Crippen LogP contribution is 2.31. The third kappa shape index (κ3) is 2.52. The van der Waals surface area contributed by atoms with Crippen LogP contribution < -0.4 is 0 Å². The number of hydrogen-bond donors (Lipinski definition) is 1. The Morgan fingerprint density at radius 1 is 1.44 bits per heavy atom. The van der Waals surface area contributed by atoms with E-state index >= 15 is 0 Å². The van der Waals surface area contributed by atoms with Crippen molar-refractivity contribution >= 4 is 11.6 Å². The Balaban J connectivity index is 3.20. The molecule has 1 N–H and O–H groups in total. The number of benzene rings is 1. The van der Waals surface area contributed by atoms with E-state index in [1.807, 2.05) is 6.07 Å². The van der Waals surface area contributed by atoms with Crippen LogP contribution in [0.3, 0.4) is 0 Å². The maximum absolute atomic E-state index is 13.6. The zero-order valence-electron chi connectivity index (χ0n) is 9.11. The predicted molar refractivity (Wildman–Crippen MR) is 60.6 cm³/mol. The van der Waals surface area contributed by atoms with Crippen LogP contribution in [-0.2, 0) is 0 Å². The SMILES string of the molecule is CC(C)C(O)C(C#N)c1c(F)cccc1Cl. The molecular formula is C12H13ClFNO. The average Bonchev–Trinajstić information content (AvgIpc) is 2.22. The second kappa shape index (κ2) is 5.29. The van der Waals surface area contributed by atoms with Gasteiger partial charge >= 0.3 is 0 Å². The molecule has 0 amide bonds. The monoisotopic (exact) mass is 241 g/mol. The Hall–Kier alpha value is -1.11. The van der Waals surface area contributed by atoms with E-state index in [0.717, 1.165) is 0 Å². The lowest BCUT2D eigenvalue weighted by Crippen LogP contribution is -2.24. The highest BCUT2D eigenvalue weighted by molar-refractivity contribution is 6.31. The fourth-order valence-corrected chi connectivity index (χ4v) is 1.78. The van der Waals surface area contributed by atoms with Crippen LogP contribution in [0.15, 0.2) is 18.2 Å². The molecule has 2 unspecified atom stereocenters. The molecule has 2 atom stereocenters. The van der Waals surface area contributed by atoms with E-state index in [2.05, 4.69) is 0 Å². The smallest absolute Gasteiger partial charge is 0.129 e. The van der Waals surface area contributed by atoms with Gasteiger partial charge in [-0.1, -0.05) is 31.5 Å². The van der Waals surface area contributed by atoms with E-state index in [1.54, 1.807) is 13.8 Å². The van der Waals surface area contributed by atoms with Gasteiger partial charge in [0, 0.05) is 10.6 Å².